The summed E-state index contributed by atoms with van der Waals surface area (Å²) in [5, 5.41) is 12.1. The molecule has 6 rings (SSSR count). The number of ether oxygens (including phenoxy) is 2. The van der Waals surface area contributed by atoms with Gasteiger partial charge in [0.1, 0.15) is 30.7 Å². The van der Waals surface area contributed by atoms with Crippen molar-refractivity contribution in [2.24, 2.45) is 10.4 Å². The van der Waals surface area contributed by atoms with Gasteiger partial charge >= 0.3 is 24.2 Å². The largest absolute Gasteiger partial charge is 0.778 e. The molecule has 1 atom stereocenters. The predicted octanol–water partition coefficient (Wildman–Crippen LogP) is 3.11. The molecule has 2 aromatic carbocycles. The lowest BCUT2D eigenvalue weighted by molar-refractivity contribution is -0.193. The summed E-state index contributed by atoms with van der Waals surface area (Å²) in [6, 6.07) is 6.57. The quantitative estimate of drug-likeness (QED) is 0.0590. The molecule has 21 nitrogen and oxygen atoms in total. The van der Waals surface area contributed by atoms with Crippen LogP contribution in [-0.4, -0.2) is 118 Å². The molecule has 5 N–H and O–H groups in total. The predicted molar refractivity (Wildman–Crippen MR) is 243 cm³/mol. The number of rotatable bonds is 12. The standard InChI is InChI=1S/C18H17FN4O2S.C15H16F3N5O4S.C3H8NO5P.C3H9S/c1-4-5-22-13-7-12(11(19)6-14(13)25-9-16(22)24)20-17-23-10-18(2,3)8-15(23)21-26-17;1-9-19-12(22-14(20-9)27-2)21-13(24)23-28(25,26)11-6-4-3-5-10(11)7-8-15(16,17)18;5-3(6)1-4-2-10(7,8)9;1-4(2)3/h1,6-7H,5,8-10H2,2-3H3;3-6H,7-8H2,1-2H3,(H2,19,20,21,22,23,24);4H,1-2H2,(H,5,6)(H2,7,8,9);1-3H3/q;;;+1/p-1/b20-17-;;;. The molecule has 2 aliphatic rings. The number of nitrogens with zero attached hydrogens (tertiary/aromatic N) is 7. The van der Waals surface area contributed by atoms with Gasteiger partial charge in [-0.15, -0.1) is 6.42 Å². The summed E-state index contributed by atoms with van der Waals surface area (Å²) in [5.41, 5.74) is 0.607. The van der Waals surface area contributed by atoms with Gasteiger partial charge in [0.25, 0.3) is 15.9 Å². The highest BCUT2D eigenvalue weighted by atomic mass is 32.2. The zero-order valence-electron chi connectivity index (χ0n) is 37.6. The molecule has 2 aromatic heterocycles. The number of carboxylic acids is 1. The number of carbonyl (C=O) groups excluding carboxylic acids is 2. The number of hydrogen-bond donors (Lipinski definition) is 5. The van der Waals surface area contributed by atoms with E-state index in [1.54, 1.807) is 4.72 Å². The maximum Gasteiger partial charge on any atom is 0.389 e. The number of aliphatic carboxylic acids is 1. The highest BCUT2D eigenvalue weighted by Crippen LogP contribution is 2.38. The Morgan fingerprint density at radius 2 is 1.84 bits per heavy atom. The summed E-state index contributed by atoms with van der Waals surface area (Å²) in [6.45, 7) is 6.08. The molecule has 29 heteroatoms. The van der Waals surface area contributed by atoms with Gasteiger partial charge in [-0.3, -0.25) is 25.1 Å². The van der Waals surface area contributed by atoms with E-state index in [9.17, 15) is 49.8 Å². The molecular weight excluding hydrogens is 988 g/mol. The Hall–Kier alpha value is -5.69. The number of nitrogens with one attached hydrogen (secondary N) is 3. The van der Waals surface area contributed by atoms with E-state index in [0.29, 0.717) is 27.1 Å². The lowest BCUT2D eigenvalue weighted by Gasteiger charge is -2.28. The number of terminal acetylenes is 1. The first kappa shape index (κ1) is 56.6. The number of methoxy groups -OCH3 is 1. The van der Waals surface area contributed by atoms with Gasteiger partial charge in [0.15, 0.2) is 12.4 Å². The van der Waals surface area contributed by atoms with E-state index in [2.05, 4.69) is 68.2 Å². The number of benzene rings is 2. The first-order valence-corrected chi connectivity index (χ1v) is 26.0. The second-order valence-electron chi connectivity index (χ2n) is 15.5. The lowest BCUT2D eigenvalue weighted by Crippen LogP contribution is -2.39. The van der Waals surface area contributed by atoms with Gasteiger partial charge in [0.05, 0.1) is 55.8 Å². The molecule has 372 valence electrons. The summed E-state index contributed by atoms with van der Waals surface area (Å²) >= 11 is 1.24. The molecule has 0 saturated carbocycles. The van der Waals surface area contributed by atoms with Crippen LogP contribution in [-0.2, 0) is 54.5 Å². The van der Waals surface area contributed by atoms with Crippen LogP contribution < -0.4 is 39.4 Å². The Balaban J connectivity index is 0.000000283. The summed E-state index contributed by atoms with van der Waals surface area (Å²) in [7, 11) is -6.85. The number of carbonyl (C=O) groups is 3. The number of carboxylic acid groups (broad SMARTS) is 1. The Morgan fingerprint density at radius 3 is 2.44 bits per heavy atom. The third kappa shape index (κ3) is 18.8. The zero-order chi connectivity index (χ0) is 51.2. The number of alkyl halides is 3. The van der Waals surface area contributed by atoms with Crippen LogP contribution in [0.1, 0.15) is 37.5 Å². The number of urea groups is 1. The number of aromatic nitrogens is 5. The van der Waals surface area contributed by atoms with E-state index in [1.165, 1.54) is 60.8 Å². The Labute approximate surface area is 395 Å². The number of hydrogen-bond acceptors (Lipinski definition) is 16. The van der Waals surface area contributed by atoms with Crippen molar-refractivity contribution < 1.29 is 69.3 Å². The number of anilines is 2. The van der Waals surface area contributed by atoms with Gasteiger partial charge in [-0.05, 0) is 47.4 Å². The number of fused-ring (bicyclic) bond motifs is 2. The van der Waals surface area contributed by atoms with Gasteiger partial charge in [-0.2, -0.15) is 32.5 Å². The molecule has 0 saturated heterocycles. The van der Waals surface area contributed by atoms with E-state index in [0.717, 1.165) is 24.9 Å². The first-order valence-electron chi connectivity index (χ1n) is 19.5. The van der Waals surface area contributed by atoms with Crippen molar-refractivity contribution in [3.63, 3.8) is 0 Å². The van der Waals surface area contributed by atoms with Gasteiger partial charge < -0.3 is 33.5 Å². The molecule has 4 heterocycles. The van der Waals surface area contributed by atoms with Crippen molar-refractivity contribution in [2.45, 2.75) is 57.7 Å². The number of amides is 3. The monoisotopic (exact) mass is 1040 g/mol. The van der Waals surface area contributed by atoms with Crippen LogP contribution in [0.15, 0.2) is 46.3 Å². The SMILES string of the molecule is C#CCN1C(=O)COc2cc(F)c(/N=c3\snc4n3CC(C)(C)C4)cc21.COc1nc(C)nc(NC(=O)NS(=O)(=O)c2ccccc2CCC(F)(F)F)n1.C[S+](C)C.O=C(O)CNCP(=O)([O-])O. The third-order valence-electron chi connectivity index (χ3n) is 8.32. The highest BCUT2D eigenvalue weighted by Gasteiger charge is 2.32. The fraction of sp³-hybridized carbons (Fsp3) is 0.436. The maximum absolute atomic E-state index is 14.5. The minimum absolute atomic E-state index is 0.0715. The van der Waals surface area contributed by atoms with Gasteiger partial charge in [0.2, 0.25) is 10.7 Å². The second-order valence-corrected chi connectivity index (χ2v) is 21.9. The van der Waals surface area contributed by atoms with Crippen LogP contribution in [0.3, 0.4) is 0 Å². The molecule has 0 fully saturated rings. The van der Waals surface area contributed by atoms with E-state index in [4.69, 9.17) is 25.9 Å². The summed E-state index contributed by atoms with van der Waals surface area (Å²) in [6.07, 6.45) is 5.89. The maximum atomic E-state index is 14.5. The molecule has 0 spiro atoms. The van der Waals surface area contributed by atoms with E-state index >= 15 is 0 Å². The van der Waals surface area contributed by atoms with E-state index in [1.807, 2.05) is 9.88 Å². The van der Waals surface area contributed by atoms with Crippen molar-refractivity contribution in [1.29, 1.82) is 0 Å². The lowest BCUT2D eigenvalue weighted by atomic mass is 9.92. The number of halogens is 4. The number of sulfonamides is 1. The highest BCUT2D eigenvalue weighted by molar-refractivity contribution is 7.94. The first-order chi connectivity index (χ1) is 31.5. The van der Waals surface area contributed by atoms with Gasteiger partial charge in [0, 0.05) is 37.0 Å². The van der Waals surface area contributed by atoms with Crippen LogP contribution in [0.25, 0.3) is 0 Å². The Morgan fingerprint density at radius 1 is 1.18 bits per heavy atom. The molecule has 2 aliphatic heterocycles. The molecule has 0 bridgehead atoms. The summed E-state index contributed by atoms with van der Waals surface area (Å²) in [5.74, 6) is 1.70. The van der Waals surface area contributed by atoms with Crippen molar-refractivity contribution >= 4 is 75.3 Å². The van der Waals surface area contributed by atoms with Crippen LogP contribution in [0.5, 0.6) is 11.8 Å². The Kier molecular flexibility index (Phi) is 20.4. The van der Waals surface area contributed by atoms with Crippen molar-refractivity contribution in [2.75, 3.05) is 62.1 Å². The molecule has 1 unspecified atom stereocenters. The fourth-order valence-corrected chi connectivity index (χ4v) is 8.04. The minimum Gasteiger partial charge on any atom is -0.778 e. The van der Waals surface area contributed by atoms with Crippen LogP contribution >= 0.6 is 19.1 Å². The topological polar surface area (TPSA) is 293 Å². The second kappa shape index (κ2) is 24.5. The van der Waals surface area contributed by atoms with Crippen molar-refractivity contribution in [3.8, 4) is 24.1 Å². The summed E-state index contributed by atoms with van der Waals surface area (Å²) < 4.78 is 105. The molecule has 68 heavy (non-hydrogen) atoms. The van der Waals surface area contributed by atoms with Gasteiger partial charge in [-0.25, -0.2) is 27.3 Å². The molecule has 0 radical (unpaired) electrons. The van der Waals surface area contributed by atoms with Crippen molar-refractivity contribution in [1.82, 2.24) is 33.9 Å². The molecular formula is C39H49F4N10O11PS3. The zero-order valence-corrected chi connectivity index (χ0v) is 40.9. The smallest absolute Gasteiger partial charge is 0.389 e. The van der Waals surface area contributed by atoms with Crippen LogP contribution in [0.4, 0.5) is 39.7 Å². The fourth-order valence-electron chi connectivity index (χ4n) is 5.71. The summed E-state index contributed by atoms with van der Waals surface area (Å²) in [4.78, 5) is 69.3. The molecule has 3 amide bonds. The van der Waals surface area contributed by atoms with Gasteiger partial charge in [-0.1, -0.05) is 38.0 Å². The normalized spacial score (nSPS) is 14.8. The average Bonchev–Trinajstić information content (AvgIpc) is 3.72. The van der Waals surface area contributed by atoms with Crippen molar-refractivity contribution in [3.05, 3.63) is 64.2 Å². The molecule has 4 aromatic rings. The van der Waals surface area contributed by atoms with E-state index < -0.39 is 72.2 Å². The number of aryl methyl sites for hydroxylation is 2. The van der Waals surface area contributed by atoms with Crippen LogP contribution in [0, 0.1) is 30.5 Å². The van der Waals surface area contributed by atoms with Crippen LogP contribution in [0.2, 0.25) is 0 Å². The Bertz CT molecular complexity index is 2710. The minimum atomic E-state index is -4.45. The third-order valence-corrected chi connectivity index (χ3v) is 11.2. The molecule has 0 aliphatic carbocycles. The van der Waals surface area contributed by atoms with E-state index in [-0.39, 0.29) is 53.5 Å². The average molecular weight is 1040 g/mol.